The van der Waals surface area contributed by atoms with Gasteiger partial charge < -0.3 is 0 Å². The average molecular weight is 229 g/mol. The molecule has 0 saturated carbocycles. The maximum absolute atomic E-state index is 6.11. The first-order chi connectivity index (χ1) is 6.99. The van der Waals surface area contributed by atoms with Crippen molar-refractivity contribution in [2.24, 2.45) is 11.8 Å². The molecule has 2 nitrogen and oxygen atoms in total. The van der Waals surface area contributed by atoms with Crippen LogP contribution in [0.4, 0.5) is 0 Å². The van der Waals surface area contributed by atoms with E-state index < -0.39 is 0 Å². The van der Waals surface area contributed by atoms with Crippen LogP contribution >= 0.6 is 11.6 Å². The standard InChI is InChI=1S/C12H21ClN2/c1-9(2)5-6-15-12(13)8-11(14-15)7-10(3)4/h8-10H,5-7H2,1-4H3. The third-order valence-electron chi connectivity index (χ3n) is 2.32. The summed E-state index contributed by atoms with van der Waals surface area (Å²) in [5, 5.41) is 5.28. The highest BCUT2D eigenvalue weighted by Gasteiger charge is 2.07. The van der Waals surface area contributed by atoms with Crippen molar-refractivity contribution < 1.29 is 0 Å². The van der Waals surface area contributed by atoms with Crippen LogP contribution < -0.4 is 0 Å². The largest absolute Gasteiger partial charge is 0.254 e. The molecule has 0 aliphatic heterocycles. The zero-order chi connectivity index (χ0) is 11.4. The summed E-state index contributed by atoms with van der Waals surface area (Å²) >= 11 is 6.11. The Bertz CT molecular complexity index is 303. The molecule has 1 aromatic heterocycles. The summed E-state index contributed by atoms with van der Waals surface area (Å²) in [6.07, 6.45) is 2.14. The second-order valence-electron chi connectivity index (χ2n) is 4.96. The van der Waals surface area contributed by atoms with E-state index in [2.05, 4.69) is 32.8 Å². The first kappa shape index (κ1) is 12.6. The number of nitrogens with zero attached hydrogens (tertiary/aromatic N) is 2. The third kappa shape index (κ3) is 4.25. The minimum absolute atomic E-state index is 0.634. The molecule has 1 rings (SSSR count). The topological polar surface area (TPSA) is 17.8 Å². The van der Waals surface area contributed by atoms with Crippen LogP contribution in [0.2, 0.25) is 5.15 Å². The van der Waals surface area contributed by atoms with Crippen LogP contribution in [0.15, 0.2) is 6.07 Å². The van der Waals surface area contributed by atoms with Gasteiger partial charge in [0.15, 0.2) is 0 Å². The molecule has 1 heterocycles. The summed E-state index contributed by atoms with van der Waals surface area (Å²) < 4.78 is 1.92. The van der Waals surface area contributed by atoms with Crippen LogP contribution in [0.25, 0.3) is 0 Å². The molecule has 0 N–H and O–H groups in total. The Morgan fingerprint density at radius 1 is 1.27 bits per heavy atom. The Morgan fingerprint density at radius 3 is 2.47 bits per heavy atom. The summed E-state index contributed by atoms with van der Waals surface area (Å²) in [5.74, 6) is 1.33. The van der Waals surface area contributed by atoms with Gasteiger partial charge in [-0.2, -0.15) is 5.10 Å². The van der Waals surface area contributed by atoms with Gasteiger partial charge in [-0.1, -0.05) is 39.3 Å². The fourth-order valence-corrected chi connectivity index (χ4v) is 1.75. The zero-order valence-electron chi connectivity index (χ0n) is 10.1. The molecule has 0 atom stereocenters. The van der Waals surface area contributed by atoms with Gasteiger partial charge in [-0.25, -0.2) is 0 Å². The number of halogens is 1. The van der Waals surface area contributed by atoms with Crippen molar-refractivity contribution in [2.75, 3.05) is 0 Å². The molecule has 0 aliphatic rings. The monoisotopic (exact) mass is 228 g/mol. The Morgan fingerprint density at radius 2 is 1.93 bits per heavy atom. The van der Waals surface area contributed by atoms with Crippen molar-refractivity contribution in [3.63, 3.8) is 0 Å². The van der Waals surface area contributed by atoms with E-state index in [1.54, 1.807) is 0 Å². The predicted octanol–water partition coefficient (Wildman–Crippen LogP) is 3.78. The van der Waals surface area contributed by atoms with E-state index in [9.17, 15) is 0 Å². The Kier molecular flexibility index (Phi) is 4.65. The molecule has 1 aromatic rings. The van der Waals surface area contributed by atoms with Crippen LogP contribution in [-0.4, -0.2) is 9.78 Å². The van der Waals surface area contributed by atoms with E-state index >= 15 is 0 Å². The van der Waals surface area contributed by atoms with Crippen LogP contribution in [0.3, 0.4) is 0 Å². The van der Waals surface area contributed by atoms with E-state index in [-0.39, 0.29) is 0 Å². The molecule has 0 amide bonds. The summed E-state index contributed by atoms with van der Waals surface area (Å²) in [6.45, 7) is 9.75. The normalized spacial score (nSPS) is 11.7. The minimum Gasteiger partial charge on any atom is -0.254 e. The first-order valence-corrected chi connectivity index (χ1v) is 6.09. The maximum Gasteiger partial charge on any atom is 0.127 e. The fourth-order valence-electron chi connectivity index (χ4n) is 1.50. The SMILES string of the molecule is CC(C)CCn1nc(CC(C)C)cc1Cl. The number of aryl methyl sites for hydroxylation is 1. The van der Waals surface area contributed by atoms with Gasteiger partial charge in [0.2, 0.25) is 0 Å². The predicted molar refractivity (Wildman–Crippen MR) is 65.2 cm³/mol. The number of aromatic nitrogens is 2. The molecule has 86 valence electrons. The van der Waals surface area contributed by atoms with Gasteiger partial charge in [0, 0.05) is 6.54 Å². The number of hydrogen-bond acceptors (Lipinski definition) is 1. The molecular formula is C12H21ClN2. The fraction of sp³-hybridized carbons (Fsp3) is 0.750. The quantitative estimate of drug-likeness (QED) is 0.750. The van der Waals surface area contributed by atoms with Crippen molar-refractivity contribution >= 4 is 11.6 Å². The number of hydrogen-bond donors (Lipinski definition) is 0. The second kappa shape index (κ2) is 5.55. The third-order valence-corrected chi connectivity index (χ3v) is 2.62. The van der Waals surface area contributed by atoms with E-state index in [0.717, 1.165) is 30.2 Å². The van der Waals surface area contributed by atoms with Crippen molar-refractivity contribution in [2.45, 2.75) is 47.1 Å². The van der Waals surface area contributed by atoms with Crippen molar-refractivity contribution in [1.29, 1.82) is 0 Å². The number of rotatable bonds is 5. The van der Waals surface area contributed by atoms with Crippen molar-refractivity contribution in [1.82, 2.24) is 9.78 Å². The van der Waals surface area contributed by atoms with E-state index in [1.165, 1.54) is 0 Å². The van der Waals surface area contributed by atoms with Gasteiger partial charge in [0.05, 0.1) is 5.69 Å². The lowest BCUT2D eigenvalue weighted by Crippen LogP contribution is -2.04. The molecule has 0 radical (unpaired) electrons. The van der Waals surface area contributed by atoms with Gasteiger partial charge in [0.25, 0.3) is 0 Å². The molecule has 0 saturated heterocycles. The maximum atomic E-state index is 6.11. The molecule has 0 bridgehead atoms. The first-order valence-electron chi connectivity index (χ1n) is 5.71. The van der Waals surface area contributed by atoms with Gasteiger partial charge in [-0.3, -0.25) is 4.68 Å². The highest BCUT2D eigenvalue weighted by atomic mass is 35.5. The Balaban J connectivity index is 2.60. The van der Waals surface area contributed by atoms with Crippen molar-refractivity contribution in [3.8, 4) is 0 Å². The lowest BCUT2D eigenvalue weighted by Gasteiger charge is -2.05. The Labute approximate surface area is 97.6 Å². The summed E-state index contributed by atoms with van der Waals surface area (Å²) in [5.41, 5.74) is 1.11. The highest BCUT2D eigenvalue weighted by Crippen LogP contribution is 2.15. The molecule has 0 unspecified atom stereocenters. The molecule has 3 heteroatoms. The Hall–Kier alpha value is -0.500. The van der Waals surface area contributed by atoms with Crippen LogP contribution in [0.1, 0.15) is 39.8 Å². The van der Waals surface area contributed by atoms with Gasteiger partial charge >= 0.3 is 0 Å². The molecule has 0 aliphatic carbocycles. The van der Waals surface area contributed by atoms with E-state index in [1.807, 2.05) is 10.7 Å². The molecular weight excluding hydrogens is 208 g/mol. The molecule has 0 spiro atoms. The summed E-state index contributed by atoms with van der Waals surface area (Å²) in [6, 6.07) is 1.99. The molecule has 0 aromatic carbocycles. The second-order valence-corrected chi connectivity index (χ2v) is 5.35. The summed E-state index contributed by atoms with van der Waals surface area (Å²) in [4.78, 5) is 0. The smallest absolute Gasteiger partial charge is 0.127 e. The lowest BCUT2D eigenvalue weighted by molar-refractivity contribution is 0.482. The van der Waals surface area contributed by atoms with Gasteiger partial charge in [0.1, 0.15) is 5.15 Å². The van der Waals surface area contributed by atoms with Crippen LogP contribution in [0, 0.1) is 11.8 Å². The van der Waals surface area contributed by atoms with Gasteiger partial charge in [-0.05, 0) is 30.7 Å². The minimum atomic E-state index is 0.634. The highest BCUT2D eigenvalue weighted by molar-refractivity contribution is 6.29. The lowest BCUT2D eigenvalue weighted by atomic mass is 10.1. The van der Waals surface area contributed by atoms with E-state index in [4.69, 9.17) is 11.6 Å². The van der Waals surface area contributed by atoms with Crippen molar-refractivity contribution in [3.05, 3.63) is 16.9 Å². The molecule has 15 heavy (non-hydrogen) atoms. The van der Waals surface area contributed by atoms with Gasteiger partial charge in [-0.15, -0.1) is 0 Å². The summed E-state index contributed by atoms with van der Waals surface area (Å²) in [7, 11) is 0. The molecule has 0 fully saturated rings. The van der Waals surface area contributed by atoms with Crippen LogP contribution in [-0.2, 0) is 13.0 Å². The van der Waals surface area contributed by atoms with E-state index in [0.29, 0.717) is 11.8 Å². The average Bonchev–Trinajstić information content (AvgIpc) is 2.41. The van der Waals surface area contributed by atoms with Crippen LogP contribution in [0.5, 0.6) is 0 Å². The zero-order valence-corrected chi connectivity index (χ0v) is 10.9.